The molecule has 0 spiro atoms. The zero-order chi connectivity index (χ0) is 12.3. The number of halogens is 2. The van der Waals surface area contributed by atoms with E-state index in [0.717, 1.165) is 10.6 Å². The highest BCUT2D eigenvalue weighted by Gasteiger charge is 2.04. The Morgan fingerprint density at radius 3 is 2.76 bits per heavy atom. The maximum absolute atomic E-state index is 9.33. The molecule has 0 saturated heterocycles. The summed E-state index contributed by atoms with van der Waals surface area (Å²) in [5, 5.41) is 10.4. The van der Waals surface area contributed by atoms with Crippen molar-refractivity contribution in [3.05, 3.63) is 52.3 Å². The Balaban J connectivity index is 2.09. The fourth-order valence-electron chi connectivity index (χ4n) is 1.28. The minimum absolute atomic E-state index is 0.250. The minimum atomic E-state index is 0.250. The van der Waals surface area contributed by atoms with Crippen LogP contribution in [0.25, 0.3) is 0 Å². The predicted octanol–water partition coefficient (Wildman–Crippen LogP) is 4.39. The number of nitrogens with zero attached hydrogens (tertiary/aromatic N) is 1. The summed E-state index contributed by atoms with van der Waals surface area (Å²) in [6.07, 6.45) is 0. The number of thioether (sulfide) groups is 1. The van der Waals surface area contributed by atoms with Gasteiger partial charge in [0.1, 0.15) is 10.9 Å². The molecule has 0 aliphatic carbocycles. The zero-order valence-corrected chi connectivity index (χ0v) is 11.1. The van der Waals surface area contributed by atoms with Gasteiger partial charge in [-0.25, -0.2) is 4.98 Å². The number of phenols is 1. The molecule has 0 amide bonds. The molecule has 17 heavy (non-hydrogen) atoms. The van der Waals surface area contributed by atoms with Crippen molar-refractivity contribution < 1.29 is 5.11 Å². The Morgan fingerprint density at radius 1 is 1.18 bits per heavy atom. The van der Waals surface area contributed by atoms with Gasteiger partial charge in [-0.05, 0) is 30.3 Å². The van der Waals surface area contributed by atoms with Gasteiger partial charge in [-0.15, -0.1) is 11.8 Å². The van der Waals surface area contributed by atoms with E-state index < -0.39 is 0 Å². The molecule has 2 aromatic rings. The lowest BCUT2D eigenvalue weighted by molar-refractivity contribution is 0.474. The van der Waals surface area contributed by atoms with Crippen molar-refractivity contribution in [2.45, 2.75) is 10.6 Å². The van der Waals surface area contributed by atoms with Crippen molar-refractivity contribution in [3.8, 4) is 5.75 Å². The molecule has 0 aliphatic rings. The van der Waals surface area contributed by atoms with Gasteiger partial charge < -0.3 is 5.11 Å². The molecule has 1 heterocycles. The van der Waals surface area contributed by atoms with E-state index in [1.54, 1.807) is 42.1 Å². The van der Waals surface area contributed by atoms with Crippen LogP contribution >= 0.6 is 35.0 Å². The molecule has 0 bridgehead atoms. The Bertz CT molecular complexity index is 534. The van der Waals surface area contributed by atoms with Crippen molar-refractivity contribution in [2.75, 3.05) is 0 Å². The van der Waals surface area contributed by atoms with Crippen LogP contribution in [-0.2, 0) is 5.75 Å². The molecule has 0 saturated carbocycles. The van der Waals surface area contributed by atoms with E-state index in [-0.39, 0.29) is 5.75 Å². The van der Waals surface area contributed by atoms with Crippen LogP contribution in [0, 0.1) is 0 Å². The Kier molecular flexibility index (Phi) is 4.15. The van der Waals surface area contributed by atoms with Gasteiger partial charge in [0.05, 0.1) is 10.7 Å². The Morgan fingerprint density at radius 2 is 2.00 bits per heavy atom. The Labute approximate surface area is 114 Å². The van der Waals surface area contributed by atoms with Crippen molar-refractivity contribution >= 4 is 35.0 Å². The summed E-state index contributed by atoms with van der Waals surface area (Å²) in [6.45, 7) is 0. The summed E-state index contributed by atoms with van der Waals surface area (Å²) in [6, 6.07) is 10.4. The van der Waals surface area contributed by atoms with E-state index in [0.29, 0.717) is 15.9 Å². The maximum atomic E-state index is 9.33. The molecular formula is C12H9Cl2NOS. The highest BCUT2D eigenvalue weighted by Crippen LogP contribution is 2.28. The number of pyridine rings is 1. The predicted molar refractivity (Wildman–Crippen MR) is 71.9 cm³/mol. The number of hydrogen-bond acceptors (Lipinski definition) is 3. The monoisotopic (exact) mass is 285 g/mol. The van der Waals surface area contributed by atoms with Gasteiger partial charge in [0, 0.05) is 10.6 Å². The number of phenolic OH excluding ortho intramolecular Hbond substituents is 1. The van der Waals surface area contributed by atoms with E-state index in [1.165, 1.54) is 0 Å². The minimum Gasteiger partial charge on any atom is -0.508 e. The van der Waals surface area contributed by atoms with Crippen LogP contribution in [0.3, 0.4) is 0 Å². The van der Waals surface area contributed by atoms with Crippen LogP contribution in [0.4, 0.5) is 0 Å². The number of hydrogen-bond donors (Lipinski definition) is 1. The Hall–Kier alpha value is -0.900. The molecule has 1 aromatic carbocycles. The molecule has 0 fully saturated rings. The van der Waals surface area contributed by atoms with Gasteiger partial charge in [0.15, 0.2) is 0 Å². The number of aromatic nitrogens is 1. The average Bonchev–Trinajstić information content (AvgIpc) is 2.30. The molecule has 1 aromatic heterocycles. The lowest BCUT2D eigenvalue weighted by Crippen LogP contribution is -1.88. The van der Waals surface area contributed by atoms with E-state index in [1.807, 2.05) is 6.07 Å². The summed E-state index contributed by atoms with van der Waals surface area (Å²) in [4.78, 5) is 5.12. The lowest BCUT2D eigenvalue weighted by atomic mass is 10.3. The van der Waals surface area contributed by atoms with Crippen molar-refractivity contribution in [1.29, 1.82) is 0 Å². The third-order valence-corrected chi connectivity index (χ3v) is 3.64. The van der Waals surface area contributed by atoms with E-state index in [9.17, 15) is 5.11 Å². The first-order valence-electron chi connectivity index (χ1n) is 4.88. The second kappa shape index (κ2) is 5.63. The summed E-state index contributed by atoms with van der Waals surface area (Å²) < 4.78 is 0. The maximum Gasteiger partial charge on any atom is 0.129 e. The van der Waals surface area contributed by atoms with Crippen molar-refractivity contribution in [3.63, 3.8) is 0 Å². The van der Waals surface area contributed by atoms with Gasteiger partial charge in [0.2, 0.25) is 0 Å². The largest absolute Gasteiger partial charge is 0.508 e. The third kappa shape index (κ3) is 3.53. The SMILES string of the molecule is Oc1cccc(SCc2nc(Cl)ccc2Cl)c1. The normalized spacial score (nSPS) is 10.5. The molecule has 2 rings (SSSR count). The van der Waals surface area contributed by atoms with Gasteiger partial charge >= 0.3 is 0 Å². The molecule has 0 aliphatic heterocycles. The van der Waals surface area contributed by atoms with E-state index in [4.69, 9.17) is 23.2 Å². The fourth-order valence-corrected chi connectivity index (χ4v) is 2.60. The van der Waals surface area contributed by atoms with Crippen LogP contribution in [-0.4, -0.2) is 10.1 Å². The summed E-state index contributed by atoms with van der Waals surface area (Å²) in [7, 11) is 0. The van der Waals surface area contributed by atoms with Gasteiger partial charge in [-0.3, -0.25) is 0 Å². The quantitative estimate of drug-likeness (QED) is 0.671. The van der Waals surface area contributed by atoms with Crippen LogP contribution in [0.2, 0.25) is 10.2 Å². The molecule has 2 nitrogen and oxygen atoms in total. The third-order valence-electron chi connectivity index (χ3n) is 2.08. The molecule has 5 heteroatoms. The second-order valence-electron chi connectivity index (χ2n) is 3.35. The lowest BCUT2D eigenvalue weighted by Gasteiger charge is -2.04. The van der Waals surface area contributed by atoms with Gasteiger partial charge in [-0.1, -0.05) is 29.3 Å². The first-order valence-corrected chi connectivity index (χ1v) is 6.62. The van der Waals surface area contributed by atoms with Crippen molar-refractivity contribution in [1.82, 2.24) is 4.98 Å². The summed E-state index contributed by atoms with van der Waals surface area (Å²) in [5.74, 6) is 0.864. The molecule has 0 atom stereocenters. The molecule has 88 valence electrons. The van der Waals surface area contributed by atoms with Crippen LogP contribution in [0.5, 0.6) is 5.75 Å². The molecular weight excluding hydrogens is 277 g/mol. The van der Waals surface area contributed by atoms with Crippen LogP contribution in [0.1, 0.15) is 5.69 Å². The number of aromatic hydroxyl groups is 1. The van der Waals surface area contributed by atoms with Gasteiger partial charge in [0.25, 0.3) is 0 Å². The highest BCUT2D eigenvalue weighted by molar-refractivity contribution is 7.98. The second-order valence-corrected chi connectivity index (χ2v) is 5.19. The average molecular weight is 286 g/mol. The molecule has 1 N–H and O–H groups in total. The van der Waals surface area contributed by atoms with Crippen LogP contribution in [0.15, 0.2) is 41.3 Å². The smallest absolute Gasteiger partial charge is 0.129 e. The molecule has 0 radical (unpaired) electrons. The first-order chi connectivity index (χ1) is 8.15. The first kappa shape index (κ1) is 12.6. The summed E-state index contributed by atoms with van der Waals surface area (Å²) in [5.41, 5.74) is 0.743. The van der Waals surface area contributed by atoms with Crippen LogP contribution < -0.4 is 0 Å². The van der Waals surface area contributed by atoms with Crippen molar-refractivity contribution in [2.24, 2.45) is 0 Å². The molecule has 0 unspecified atom stereocenters. The standard InChI is InChI=1S/C12H9Cl2NOS/c13-10-4-5-12(14)15-11(10)7-17-9-3-1-2-8(16)6-9/h1-6,16H,7H2. The number of benzene rings is 1. The van der Waals surface area contributed by atoms with Gasteiger partial charge in [-0.2, -0.15) is 0 Å². The highest BCUT2D eigenvalue weighted by atomic mass is 35.5. The topological polar surface area (TPSA) is 33.1 Å². The van der Waals surface area contributed by atoms with E-state index >= 15 is 0 Å². The summed E-state index contributed by atoms with van der Waals surface area (Å²) >= 11 is 13.4. The van der Waals surface area contributed by atoms with E-state index in [2.05, 4.69) is 4.98 Å². The zero-order valence-electron chi connectivity index (χ0n) is 8.73. The fraction of sp³-hybridized carbons (Fsp3) is 0.0833. The number of rotatable bonds is 3.